The van der Waals surface area contributed by atoms with Crippen molar-refractivity contribution in [3.05, 3.63) is 187 Å². The van der Waals surface area contributed by atoms with Gasteiger partial charge in [0.2, 0.25) is 5.95 Å². The van der Waals surface area contributed by atoms with Gasteiger partial charge in [0.05, 0.1) is 22.1 Å². The van der Waals surface area contributed by atoms with Gasteiger partial charge in [-0.3, -0.25) is 4.57 Å². The fraction of sp³-hybridized carbons (Fsp3) is 0.136. The zero-order valence-electron chi connectivity index (χ0n) is 36.6. The standard InChI is InChI=1S/C59H47N5O/c1-3-5-17-38-18-14-23-41(35-38)42-24-15-25-43(36-42)58-60-57(40-20-8-7-9-21-40)61-59(62-58)64-50-30-13-11-27-47(50)55-52(64)33-32-51-54(55)46-26-10-12-29-49(46)63(51)44-31-34-53-48(37-44)45-28-16-22-39(19-6-4-2)56(45)65-53/h7-16,18,20-37H,3-6,17,19H2,1-2H3. The Morgan fingerprint density at radius 3 is 1.80 bits per heavy atom. The minimum absolute atomic E-state index is 0.575. The van der Waals surface area contributed by atoms with Crippen LogP contribution in [0, 0.1) is 0 Å². The number of aromatic nitrogens is 5. The first-order valence-electron chi connectivity index (χ1n) is 23.1. The van der Waals surface area contributed by atoms with Crippen molar-refractivity contribution in [1.29, 1.82) is 0 Å². The Bertz CT molecular complexity index is 3760. The predicted molar refractivity (Wildman–Crippen MR) is 269 cm³/mol. The van der Waals surface area contributed by atoms with Crippen molar-refractivity contribution < 1.29 is 4.42 Å². The van der Waals surface area contributed by atoms with Gasteiger partial charge in [-0.05, 0) is 96.5 Å². The van der Waals surface area contributed by atoms with Crippen molar-refractivity contribution in [2.24, 2.45) is 0 Å². The highest BCUT2D eigenvalue weighted by molar-refractivity contribution is 6.29. The zero-order chi connectivity index (χ0) is 43.4. The van der Waals surface area contributed by atoms with E-state index in [2.05, 4.69) is 181 Å². The fourth-order valence-electron chi connectivity index (χ4n) is 10.00. The summed E-state index contributed by atoms with van der Waals surface area (Å²) in [6.07, 6.45) is 6.72. The van der Waals surface area contributed by atoms with Crippen LogP contribution in [0.2, 0.25) is 0 Å². The Kier molecular flexibility index (Phi) is 9.59. The molecule has 8 aromatic carbocycles. The van der Waals surface area contributed by atoms with Crippen LogP contribution < -0.4 is 0 Å². The van der Waals surface area contributed by atoms with Crippen LogP contribution >= 0.6 is 0 Å². The molecule has 65 heavy (non-hydrogen) atoms. The minimum atomic E-state index is 0.575. The van der Waals surface area contributed by atoms with E-state index >= 15 is 0 Å². The predicted octanol–water partition coefficient (Wildman–Crippen LogP) is 15.7. The number of benzene rings is 8. The molecule has 12 aromatic rings. The molecule has 0 spiro atoms. The average Bonchev–Trinajstić information content (AvgIpc) is 4.03. The molecule has 0 bridgehead atoms. The highest BCUT2D eigenvalue weighted by Gasteiger charge is 2.23. The molecule has 12 rings (SSSR count). The molecule has 0 aliphatic heterocycles. The summed E-state index contributed by atoms with van der Waals surface area (Å²) in [6.45, 7) is 4.48. The van der Waals surface area contributed by atoms with Crippen LogP contribution in [0.4, 0.5) is 0 Å². The molecule has 0 unspecified atom stereocenters. The summed E-state index contributed by atoms with van der Waals surface area (Å²) in [5, 5.41) is 6.98. The maximum atomic E-state index is 6.57. The van der Waals surface area contributed by atoms with E-state index in [4.69, 9.17) is 19.4 Å². The average molecular weight is 842 g/mol. The van der Waals surface area contributed by atoms with Gasteiger partial charge >= 0.3 is 0 Å². The van der Waals surface area contributed by atoms with Crippen LogP contribution in [0.15, 0.2) is 180 Å². The summed E-state index contributed by atoms with van der Waals surface area (Å²) in [5.41, 5.74) is 14.2. The molecule has 0 N–H and O–H groups in total. The smallest absolute Gasteiger partial charge is 0.238 e. The van der Waals surface area contributed by atoms with Crippen molar-refractivity contribution in [3.8, 4) is 45.5 Å². The lowest BCUT2D eigenvalue weighted by atomic mass is 9.99. The molecule has 4 heterocycles. The van der Waals surface area contributed by atoms with Gasteiger partial charge in [-0.25, -0.2) is 4.98 Å². The van der Waals surface area contributed by atoms with E-state index in [1.54, 1.807) is 0 Å². The summed E-state index contributed by atoms with van der Waals surface area (Å²) in [4.78, 5) is 15.8. The molecule has 6 nitrogen and oxygen atoms in total. The lowest BCUT2D eigenvalue weighted by molar-refractivity contribution is 0.658. The minimum Gasteiger partial charge on any atom is -0.456 e. The maximum Gasteiger partial charge on any atom is 0.238 e. The monoisotopic (exact) mass is 841 g/mol. The molecule has 0 aliphatic rings. The van der Waals surface area contributed by atoms with E-state index in [0.29, 0.717) is 17.6 Å². The van der Waals surface area contributed by atoms with Gasteiger partial charge in [0, 0.05) is 49.1 Å². The number of aryl methyl sites for hydroxylation is 2. The topological polar surface area (TPSA) is 61.7 Å². The van der Waals surface area contributed by atoms with Crippen LogP contribution in [-0.2, 0) is 12.8 Å². The second-order valence-electron chi connectivity index (χ2n) is 17.3. The number of fused-ring (bicyclic) bond motifs is 10. The van der Waals surface area contributed by atoms with Gasteiger partial charge in [0.25, 0.3) is 0 Å². The third-order valence-corrected chi connectivity index (χ3v) is 13.1. The van der Waals surface area contributed by atoms with Crippen LogP contribution in [0.25, 0.3) is 111 Å². The van der Waals surface area contributed by atoms with E-state index in [9.17, 15) is 0 Å². The number of furan rings is 1. The summed E-state index contributed by atoms with van der Waals surface area (Å²) in [7, 11) is 0. The SMILES string of the molecule is CCCCc1cccc(-c2cccc(-c3nc(-c4ccccc4)nc(-n4c5ccccc5c5c6c7ccccc7n(-c7ccc8oc9c(CCCC)cccc9c8c7)c6ccc54)n3)c2)c1. The van der Waals surface area contributed by atoms with Crippen LogP contribution in [0.5, 0.6) is 0 Å². The second kappa shape index (κ2) is 16.1. The third kappa shape index (κ3) is 6.59. The molecule has 6 heteroatoms. The number of rotatable bonds is 11. The first-order valence-corrected chi connectivity index (χ1v) is 23.1. The van der Waals surface area contributed by atoms with E-state index < -0.39 is 0 Å². The summed E-state index contributed by atoms with van der Waals surface area (Å²) in [5.74, 6) is 1.83. The first kappa shape index (κ1) is 38.8. The molecule has 0 saturated heterocycles. The van der Waals surface area contributed by atoms with Crippen molar-refractivity contribution in [2.45, 2.75) is 52.4 Å². The number of unbranched alkanes of at least 4 members (excludes halogenated alkanes) is 2. The molecule has 4 aromatic heterocycles. The molecule has 0 atom stereocenters. The Balaban J connectivity index is 1.07. The summed E-state index contributed by atoms with van der Waals surface area (Å²) >= 11 is 0. The number of nitrogens with zero attached hydrogens (tertiary/aromatic N) is 5. The molecule has 0 fully saturated rings. The van der Waals surface area contributed by atoms with Crippen LogP contribution in [0.1, 0.15) is 50.7 Å². The van der Waals surface area contributed by atoms with Gasteiger partial charge in [-0.1, -0.05) is 154 Å². The largest absolute Gasteiger partial charge is 0.456 e. The van der Waals surface area contributed by atoms with E-state index in [-0.39, 0.29) is 0 Å². The van der Waals surface area contributed by atoms with Crippen molar-refractivity contribution in [2.75, 3.05) is 0 Å². The maximum absolute atomic E-state index is 6.57. The third-order valence-electron chi connectivity index (χ3n) is 13.1. The Morgan fingerprint density at radius 2 is 1.03 bits per heavy atom. The first-order chi connectivity index (χ1) is 32.1. The zero-order valence-corrected chi connectivity index (χ0v) is 36.6. The van der Waals surface area contributed by atoms with Gasteiger partial charge in [-0.15, -0.1) is 0 Å². The lowest BCUT2D eigenvalue weighted by Crippen LogP contribution is -2.06. The van der Waals surface area contributed by atoms with E-state index in [0.717, 1.165) is 103 Å². The molecule has 0 radical (unpaired) electrons. The Hall–Kier alpha value is -7.83. The second-order valence-corrected chi connectivity index (χ2v) is 17.3. The summed E-state index contributed by atoms with van der Waals surface area (Å²) in [6, 6.07) is 62.9. The van der Waals surface area contributed by atoms with Crippen molar-refractivity contribution in [1.82, 2.24) is 24.1 Å². The fourth-order valence-corrected chi connectivity index (χ4v) is 10.00. The van der Waals surface area contributed by atoms with Crippen LogP contribution in [0.3, 0.4) is 0 Å². The number of hydrogen-bond acceptors (Lipinski definition) is 4. The van der Waals surface area contributed by atoms with Gasteiger partial charge in [0.1, 0.15) is 11.2 Å². The molecule has 0 amide bonds. The molecule has 0 aliphatic carbocycles. The highest BCUT2D eigenvalue weighted by atomic mass is 16.3. The highest BCUT2D eigenvalue weighted by Crippen LogP contribution is 2.43. The Labute approximate surface area is 377 Å². The van der Waals surface area contributed by atoms with Crippen LogP contribution in [-0.4, -0.2) is 24.1 Å². The van der Waals surface area contributed by atoms with E-state index in [1.807, 2.05) is 18.2 Å². The molecular formula is C59H47N5O. The molecule has 0 saturated carbocycles. The number of para-hydroxylation sites is 3. The molecular weight excluding hydrogens is 795 g/mol. The van der Waals surface area contributed by atoms with Crippen molar-refractivity contribution >= 4 is 65.6 Å². The quantitative estimate of drug-likeness (QED) is 0.130. The Morgan fingerprint density at radius 1 is 0.431 bits per heavy atom. The normalized spacial score (nSPS) is 11.9. The molecule has 314 valence electrons. The van der Waals surface area contributed by atoms with Gasteiger partial charge < -0.3 is 8.98 Å². The van der Waals surface area contributed by atoms with E-state index in [1.165, 1.54) is 40.3 Å². The summed E-state index contributed by atoms with van der Waals surface area (Å²) < 4.78 is 11.2. The number of hydrogen-bond donors (Lipinski definition) is 0. The van der Waals surface area contributed by atoms with Gasteiger partial charge in [-0.2, -0.15) is 9.97 Å². The van der Waals surface area contributed by atoms with Gasteiger partial charge in [0.15, 0.2) is 11.6 Å². The van der Waals surface area contributed by atoms with Crippen molar-refractivity contribution in [3.63, 3.8) is 0 Å². The lowest BCUT2D eigenvalue weighted by Gasteiger charge is -2.12.